The summed E-state index contributed by atoms with van der Waals surface area (Å²) in [4.78, 5) is 14.0. The van der Waals surface area contributed by atoms with Gasteiger partial charge in [-0.3, -0.25) is 9.89 Å². The second-order valence-electron chi connectivity index (χ2n) is 4.98. The first-order valence-corrected chi connectivity index (χ1v) is 6.99. The highest BCUT2D eigenvalue weighted by Gasteiger charge is 2.26. The van der Waals surface area contributed by atoms with Crippen LogP contribution in [0.4, 0.5) is 0 Å². The van der Waals surface area contributed by atoms with Crippen molar-refractivity contribution in [2.24, 2.45) is 7.05 Å². The molecule has 1 amide bonds. The Balaban J connectivity index is 2.02. The molecule has 1 saturated heterocycles. The van der Waals surface area contributed by atoms with Crippen LogP contribution in [0, 0.1) is 4.77 Å². The molecule has 1 fully saturated rings. The van der Waals surface area contributed by atoms with Crippen molar-refractivity contribution in [3.63, 3.8) is 0 Å². The number of rotatable bonds is 2. The molecular weight excluding hydrogens is 260 g/mol. The minimum Gasteiger partial charge on any atom is -0.339 e. The lowest BCUT2D eigenvalue weighted by Gasteiger charge is -2.31. The van der Waals surface area contributed by atoms with Gasteiger partial charge in [-0.25, -0.2) is 0 Å². The molecule has 6 heteroatoms. The number of H-pyrrole nitrogens is 1. The molecule has 0 bridgehead atoms. The molecule has 104 valence electrons. The lowest BCUT2D eigenvalue weighted by molar-refractivity contribution is -0.128. The fraction of sp³-hybridized carbons (Fsp3) is 0.615. The zero-order chi connectivity index (χ0) is 14.0. The van der Waals surface area contributed by atoms with Gasteiger partial charge in [0.05, 0.1) is 0 Å². The molecule has 5 nitrogen and oxygen atoms in total. The molecule has 1 aromatic heterocycles. The van der Waals surface area contributed by atoms with Gasteiger partial charge in [0.25, 0.3) is 0 Å². The third kappa shape index (κ3) is 2.78. The number of nitrogens with one attached hydrogen (secondary N) is 1. The summed E-state index contributed by atoms with van der Waals surface area (Å²) >= 11 is 5.13. The molecule has 0 aliphatic carbocycles. The van der Waals surface area contributed by atoms with Crippen LogP contribution in [0.2, 0.25) is 0 Å². The number of amides is 1. The van der Waals surface area contributed by atoms with E-state index in [-0.39, 0.29) is 5.91 Å². The number of carbonyl (C=O) groups excluding carboxylic acids is 1. The van der Waals surface area contributed by atoms with Gasteiger partial charge in [0.1, 0.15) is 5.82 Å². The first-order valence-electron chi connectivity index (χ1n) is 6.58. The minimum absolute atomic E-state index is 0.149. The van der Waals surface area contributed by atoms with Gasteiger partial charge in [0.2, 0.25) is 5.91 Å². The zero-order valence-corrected chi connectivity index (χ0v) is 12.5. The van der Waals surface area contributed by atoms with E-state index in [9.17, 15) is 4.79 Å². The van der Waals surface area contributed by atoms with Crippen LogP contribution in [-0.2, 0) is 11.8 Å². The number of hydrogen-bond donors (Lipinski definition) is 1. The monoisotopic (exact) mass is 280 g/mol. The number of aromatic nitrogens is 3. The standard InChI is InChI=1S/C13H20N4OS/c1-4-9(2)12(18)17-7-5-10(6-8-17)11-14-15-13(19)16(11)3/h4,10H,5-8H2,1-3H3,(H,15,19). The normalized spacial score (nSPS) is 17.8. The number of piperidine rings is 1. The molecule has 1 N–H and O–H groups in total. The summed E-state index contributed by atoms with van der Waals surface area (Å²) in [6.07, 6.45) is 3.75. The van der Waals surface area contributed by atoms with Crippen LogP contribution in [0.1, 0.15) is 38.4 Å². The number of carbonyl (C=O) groups is 1. The second kappa shape index (κ2) is 5.69. The van der Waals surface area contributed by atoms with Crippen LogP contribution < -0.4 is 0 Å². The molecule has 0 saturated carbocycles. The van der Waals surface area contributed by atoms with Gasteiger partial charge < -0.3 is 9.47 Å². The molecule has 1 aliphatic rings. The van der Waals surface area contributed by atoms with Crippen LogP contribution in [-0.4, -0.2) is 38.7 Å². The van der Waals surface area contributed by atoms with Crippen molar-refractivity contribution >= 4 is 18.1 Å². The third-order valence-electron chi connectivity index (χ3n) is 3.83. The van der Waals surface area contributed by atoms with Crippen molar-refractivity contribution < 1.29 is 4.79 Å². The predicted octanol–water partition coefficient (Wildman–Crippen LogP) is 2.15. The summed E-state index contributed by atoms with van der Waals surface area (Å²) in [7, 11) is 1.93. The molecular formula is C13H20N4OS. The van der Waals surface area contributed by atoms with Gasteiger partial charge in [0.15, 0.2) is 4.77 Å². The number of likely N-dealkylation sites (tertiary alicyclic amines) is 1. The Bertz CT molecular complexity index is 549. The van der Waals surface area contributed by atoms with Crippen molar-refractivity contribution in [1.82, 2.24) is 19.7 Å². The fourth-order valence-electron chi connectivity index (χ4n) is 2.44. The lowest BCUT2D eigenvalue weighted by Crippen LogP contribution is -2.38. The van der Waals surface area contributed by atoms with Crippen molar-refractivity contribution in [3.8, 4) is 0 Å². The first kappa shape index (κ1) is 14.0. The zero-order valence-electron chi connectivity index (χ0n) is 11.6. The Morgan fingerprint density at radius 2 is 2.11 bits per heavy atom. The number of nitrogens with zero attached hydrogens (tertiary/aromatic N) is 3. The highest BCUT2D eigenvalue weighted by atomic mass is 32.1. The van der Waals surface area contributed by atoms with Crippen LogP contribution in [0.15, 0.2) is 11.6 Å². The maximum absolute atomic E-state index is 12.1. The number of aromatic amines is 1. The van der Waals surface area contributed by atoms with E-state index >= 15 is 0 Å². The summed E-state index contributed by atoms with van der Waals surface area (Å²) in [6.45, 7) is 5.34. The van der Waals surface area contributed by atoms with E-state index in [2.05, 4.69) is 10.2 Å². The highest BCUT2D eigenvalue weighted by molar-refractivity contribution is 7.71. The minimum atomic E-state index is 0.149. The Kier molecular flexibility index (Phi) is 4.19. The van der Waals surface area contributed by atoms with E-state index in [0.717, 1.165) is 37.3 Å². The summed E-state index contributed by atoms with van der Waals surface area (Å²) in [5, 5.41) is 7.11. The highest BCUT2D eigenvalue weighted by Crippen LogP contribution is 2.26. The number of allylic oxidation sites excluding steroid dienone is 1. The van der Waals surface area contributed by atoms with Gasteiger partial charge in [-0.05, 0) is 38.9 Å². The molecule has 2 rings (SSSR count). The van der Waals surface area contributed by atoms with Gasteiger partial charge >= 0.3 is 0 Å². The largest absolute Gasteiger partial charge is 0.339 e. The van der Waals surface area contributed by atoms with E-state index in [1.54, 1.807) is 0 Å². The van der Waals surface area contributed by atoms with E-state index in [1.807, 2.05) is 36.4 Å². The summed E-state index contributed by atoms with van der Waals surface area (Å²) < 4.78 is 2.58. The van der Waals surface area contributed by atoms with Gasteiger partial charge in [-0.1, -0.05) is 6.08 Å². The fourth-order valence-corrected chi connectivity index (χ4v) is 2.58. The topological polar surface area (TPSA) is 53.9 Å². The molecule has 0 aromatic carbocycles. The molecule has 19 heavy (non-hydrogen) atoms. The Labute approximate surface area is 118 Å². The molecule has 0 radical (unpaired) electrons. The first-order chi connectivity index (χ1) is 9.04. The second-order valence-corrected chi connectivity index (χ2v) is 5.37. The van der Waals surface area contributed by atoms with Crippen LogP contribution in [0.5, 0.6) is 0 Å². The number of hydrogen-bond acceptors (Lipinski definition) is 3. The van der Waals surface area contributed by atoms with Crippen LogP contribution in [0.3, 0.4) is 0 Å². The Hall–Kier alpha value is -1.43. The van der Waals surface area contributed by atoms with E-state index in [0.29, 0.717) is 10.7 Å². The van der Waals surface area contributed by atoms with Crippen molar-refractivity contribution in [2.45, 2.75) is 32.6 Å². The predicted molar refractivity (Wildman–Crippen MR) is 76.4 cm³/mol. The average molecular weight is 280 g/mol. The van der Waals surface area contributed by atoms with Gasteiger partial charge in [-0.15, -0.1) is 0 Å². The van der Waals surface area contributed by atoms with Gasteiger partial charge in [0, 0.05) is 31.6 Å². The molecule has 0 unspecified atom stereocenters. The SMILES string of the molecule is CC=C(C)C(=O)N1CCC(c2n[nH]c(=S)n2C)CC1. The summed E-state index contributed by atoms with van der Waals surface area (Å²) in [6, 6.07) is 0. The summed E-state index contributed by atoms with van der Waals surface area (Å²) in [5.41, 5.74) is 0.816. The quantitative estimate of drug-likeness (QED) is 0.667. The van der Waals surface area contributed by atoms with E-state index in [1.165, 1.54) is 0 Å². The van der Waals surface area contributed by atoms with Crippen LogP contribution in [0.25, 0.3) is 0 Å². The molecule has 1 aliphatic heterocycles. The summed E-state index contributed by atoms with van der Waals surface area (Å²) in [5.74, 6) is 1.53. The molecule has 1 aromatic rings. The Morgan fingerprint density at radius 1 is 1.47 bits per heavy atom. The molecule has 2 heterocycles. The van der Waals surface area contributed by atoms with Crippen molar-refractivity contribution in [2.75, 3.05) is 13.1 Å². The smallest absolute Gasteiger partial charge is 0.249 e. The molecule has 0 atom stereocenters. The maximum Gasteiger partial charge on any atom is 0.249 e. The lowest BCUT2D eigenvalue weighted by atomic mass is 9.95. The Morgan fingerprint density at radius 3 is 2.58 bits per heavy atom. The third-order valence-corrected chi connectivity index (χ3v) is 4.20. The van der Waals surface area contributed by atoms with Gasteiger partial charge in [-0.2, -0.15) is 5.10 Å². The van der Waals surface area contributed by atoms with Crippen molar-refractivity contribution in [1.29, 1.82) is 0 Å². The van der Waals surface area contributed by atoms with Crippen molar-refractivity contribution in [3.05, 3.63) is 22.2 Å². The van der Waals surface area contributed by atoms with E-state index in [4.69, 9.17) is 12.2 Å². The maximum atomic E-state index is 12.1. The van der Waals surface area contributed by atoms with E-state index < -0.39 is 0 Å². The average Bonchev–Trinajstić information content (AvgIpc) is 2.77. The molecule has 0 spiro atoms. The van der Waals surface area contributed by atoms with Crippen LogP contribution >= 0.6 is 12.2 Å².